The lowest BCUT2D eigenvalue weighted by Crippen LogP contribution is -2.21. The molecule has 90 valence electrons. The van der Waals surface area contributed by atoms with E-state index in [9.17, 15) is 9.50 Å². The van der Waals surface area contributed by atoms with E-state index in [1.54, 1.807) is 26.0 Å². The van der Waals surface area contributed by atoms with E-state index in [1.165, 1.54) is 6.07 Å². The molecule has 0 fully saturated rings. The van der Waals surface area contributed by atoms with Crippen LogP contribution in [0.1, 0.15) is 25.8 Å². The third-order valence-corrected chi connectivity index (χ3v) is 2.23. The van der Waals surface area contributed by atoms with Gasteiger partial charge in [0, 0.05) is 24.6 Å². The molecule has 0 aliphatic rings. The standard InChI is InChI=1S/C12H18FNO2/c1-12(2,15)5-6-16-10-4-3-9(8-14)11(13)7-10/h3-4,7,15H,5-6,8,14H2,1-2H3. The highest BCUT2D eigenvalue weighted by molar-refractivity contribution is 5.28. The van der Waals surface area contributed by atoms with Crippen LogP contribution in [0, 0.1) is 5.82 Å². The van der Waals surface area contributed by atoms with Crippen molar-refractivity contribution in [3.8, 4) is 5.75 Å². The predicted molar refractivity (Wildman–Crippen MR) is 60.7 cm³/mol. The van der Waals surface area contributed by atoms with E-state index in [0.717, 1.165) is 0 Å². The summed E-state index contributed by atoms with van der Waals surface area (Å²) in [4.78, 5) is 0. The average molecular weight is 227 g/mol. The van der Waals surface area contributed by atoms with E-state index in [0.29, 0.717) is 24.3 Å². The Bertz CT molecular complexity index is 347. The molecule has 0 atom stereocenters. The first-order valence-corrected chi connectivity index (χ1v) is 5.26. The predicted octanol–water partition coefficient (Wildman–Crippen LogP) is 1.82. The Kier molecular flexibility index (Phi) is 4.26. The largest absolute Gasteiger partial charge is 0.493 e. The Morgan fingerprint density at radius 1 is 1.44 bits per heavy atom. The molecular weight excluding hydrogens is 209 g/mol. The van der Waals surface area contributed by atoms with Crippen molar-refractivity contribution < 1.29 is 14.2 Å². The molecule has 0 aliphatic heterocycles. The van der Waals surface area contributed by atoms with Crippen LogP contribution in [0.4, 0.5) is 4.39 Å². The van der Waals surface area contributed by atoms with Gasteiger partial charge in [-0.1, -0.05) is 6.07 Å². The van der Waals surface area contributed by atoms with Gasteiger partial charge in [-0.2, -0.15) is 0 Å². The van der Waals surface area contributed by atoms with Gasteiger partial charge in [0.2, 0.25) is 0 Å². The maximum atomic E-state index is 13.3. The van der Waals surface area contributed by atoms with Gasteiger partial charge in [-0.25, -0.2) is 4.39 Å². The first-order valence-electron chi connectivity index (χ1n) is 5.26. The van der Waals surface area contributed by atoms with Crippen LogP contribution >= 0.6 is 0 Å². The third-order valence-electron chi connectivity index (χ3n) is 2.23. The number of benzene rings is 1. The van der Waals surface area contributed by atoms with Gasteiger partial charge in [0.25, 0.3) is 0 Å². The van der Waals surface area contributed by atoms with Gasteiger partial charge in [0.15, 0.2) is 0 Å². The molecular formula is C12H18FNO2. The number of nitrogens with two attached hydrogens (primary N) is 1. The minimum Gasteiger partial charge on any atom is -0.493 e. The van der Waals surface area contributed by atoms with Crippen LogP contribution in [0.25, 0.3) is 0 Å². The fourth-order valence-electron chi connectivity index (χ4n) is 1.20. The molecule has 1 aromatic carbocycles. The smallest absolute Gasteiger partial charge is 0.131 e. The van der Waals surface area contributed by atoms with Crippen LogP contribution in [-0.4, -0.2) is 17.3 Å². The quantitative estimate of drug-likeness (QED) is 0.806. The monoisotopic (exact) mass is 227 g/mol. The minimum atomic E-state index is -0.768. The Morgan fingerprint density at radius 2 is 2.12 bits per heavy atom. The molecule has 3 nitrogen and oxygen atoms in total. The zero-order valence-corrected chi connectivity index (χ0v) is 9.66. The number of ether oxygens (including phenoxy) is 1. The average Bonchev–Trinajstić information content (AvgIpc) is 2.16. The summed E-state index contributed by atoms with van der Waals surface area (Å²) >= 11 is 0. The second kappa shape index (κ2) is 5.27. The molecule has 0 radical (unpaired) electrons. The van der Waals surface area contributed by atoms with Crippen LogP contribution in [0.15, 0.2) is 18.2 Å². The molecule has 0 spiro atoms. The van der Waals surface area contributed by atoms with Crippen molar-refractivity contribution in [3.05, 3.63) is 29.6 Å². The lowest BCUT2D eigenvalue weighted by molar-refractivity contribution is 0.0553. The SMILES string of the molecule is CC(C)(O)CCOc1ccc(CN)c(F)c1. The molecule has 0 aromatic heterocycles. The fraction of sp³-hybridized carbons (Fsp3) is 0.500. The molecule has 0 saturated carbocycles. The first kappa shape index (κ1) is 12.9. The number of halogens is 1. The summed E-state index contributed by atoms with van der Waals surface area (Å²) in [6, 6.07) is 4.59. The molecule has 4 heteroatoms. The molecule has 0 aliphatic carbocycles. The van der Waals surface area contributed by atoms with Crippen LogP contribution in [-0.2, 0) is 6.54 Å². The van der Waals surface area contributed by atoms with Crippen LogP contribution in [0.5, 0.6) is 5.75 Å². The third kappa shape index (κ3) is 4.16. The van der Waals surface area contributed by atoms with Gasteiger partial charge >= 0.3 is 0 Å². The molecule has 1 rings (SSSR count). The highest BCUT2D eigenvalue weighted by Crippen LogP contribution is 2.17. The minimum absolute atomic E-state index is 0.176. The van der Waals surface area contributed by atoms with Crippen molar-refractivity contribution in [1.29, 1.82) is 0 Å². The molecule has 0 heterocycles. The van der Waals surface area contributed by atoms with E-state index in [4.69, 9.17) is 10.5 Å². The first-order chi connectivity index (χ1) is 7.42. The van der Waals surface area contributed by atoms with Crippen molar-refractivity contribution in [2.45, 2.75) is 32.4 Å². The van der Waals surface area contributed by atoms with Crippen molar-refractivity contribution in [3.63, 3.8) is 0 Å². The topological polar surface area (TPSA) is 55.5 Å². The number of rotatable bonds is 5. The normalized spacial score (nSPS) is 11.6. The van der Waals surface area contributed by atoms with E-state index in [2.05, 4.69) is 0 Å². The van der Waals surface area contributed by atoms with Gasteiger partial charge in [-0.05, 0) is 19.9 Å². The van der Waals surface area contributed by atoms with Gasteiger partial charge in [-0.15, -0.1) is 0 Å². The Balaban J connectivity index is 2.52. The van der Waals surface area contributed by atoms with E-state index >= 15 is 0 Å². The maximum Gasteiger partial charge on any atom is 0.131 e. The second-order valence-corrected chi connectivity index (χ2v) is 4.37. The van der Waals surface area contributed by atoms with Crippen molar-refractivity contribution in [2.75, 3.05) is 6.61 Å². The van der Waals surface area contributed by atoms with E-state index in [-0.39, 0.29) is 12.4 Å². The summed E-state index contributed by atoms with van der Waals surface area (Å²) in [5, 5.41) is 9.46. The summed E-state index contributed by atoms with van der Waals surface area (Å²) < 4.78 is 18.6. The van der Waals surface area contributed by atoms with Gasteiger partial charge < -0.3 is 15.6 Å². The molecule has 0 saturated heterocycles. The summed E-state index contributed by atoms with van der Waals surface area (Å²) in [6.07, 6.45) is 0.493. The summed E-state index contributed by atoms with van der Waals surface area (Å²) in [6.45, 7) is 3.93. The fourth-order valence-corrected chi connectivity index (χ4v) is 1.20. The number of hydrogen-bond acceptors (Lipinski definition) is 3. The van der Waals surface area contributed by atoms with Crippen molar-refractivity contribution in [1.82, 2.24) is 0 Å². The highest BCUT2D eigenvalue weighted by Gasteiger charge is 2.12. The molecule has 16 heavy (non-hydrogen) atoms. The van der Waals surface area contributed by atoms with Gasteiger partial charge in [0.1, 0.15) is 11.6 Å². The molecule has 0 amide bonds. The summed E-state index contributed by atoms with van der Waals surface area (Å²) in [7, 11) is 0. The molecule has 0 bridgehead atoms. The van der Waals surface area contributed by atoms with Gasteiger partial charge in [0.05, 0.1) is 12.2 Å². The highest BCUT2D eigenvalue weighted by atomic mass is 19.1. The van der Waals surface area contributed by atoms with Crippen LogP contribution in [0.3, 0.4) is 0 Å². The summed E-state index contributed by atoms with van der Waals surface area (Å²) in [5.74, 6) is 0.0993. The number of aliphatic hydroxyl groups is 1. The Morgan fingerprint density at radius 3 is 2.62 bits per heavy atom. The Hall–Kier alpha value is -1.13. The number of hydrogen-bond donors (Lipinski definition) is 2. The van der Waals surface area contributed by atoms with E-state index < -0.39 is 5.60 Å². The van der Waals surface area contributed by atoms with Crippen LogP contribution < -0.4 is 10.5 Å². The second-order valence-electron chi connectivity index (χ2n) is 4.37. The zero-order valence-electron chi connectivity index (χ0n) is 9.66. The summed E-state index contributed by atoms with van der Waals surface area (Å²) in [5.41, 5.74) is 5.04. The van der Waals surface area contributed by atoms with Crippen molar-refractivity contribution in [2.24, 2.45) is 5.73 Å². The van der Waals surface area contributed by atoms with E-state index in [1.807, 2.05) is 0 Å². The lowest BCUT2D eigenvalue weighted by Gasteiger charge is -2.17. The molecule has 1 aromatic rings. The van der Waals surface area contributed by atoms with Crippen molar-refractivity contribution >= 4 is 0 Å². The van der Waals surface area contributed by atoms with Gasteiger partial charge in [-0.3, -0.25) is 0 Å². The Labute approximate surface area is 95.0 Å². The van der Waals surface area contributed by atoms with Crippen LogP contribution in [0.2, 0.25) is 0 Å². The zero-order chi connectivity index (χ0) is 12.2. The maximum absolute atomic E-state index is 13.3. The molecule has 3 N–H and O–H groups in total. The lowest BCUT2D eigenvalue weighted by atomic mass is 10.1. The molecule has 0 unspecified atom stereocenters.